The summed E-state index contributed by atoms with van der Waals surface area (Å²) in [6.45, 7) is 0.781. The average molecular weight is 512 g/mol. The third-order valence-corrected chi connectivity index (χ3v) is 5.89. The number of benzene rings is 4. The maximum atomic E-state index is 14.9. The lowest BCUT2D eigenvalue weighted by molar-refractivity contribution is 0.184. The quantitative estimate of drug-likeness (QED) is 0.169. The van der Waals surface area contributed by atoms with Crippen LogP contribution in [0.4, 0.5) is 26.3 Å². The molecule has 0 heterocycles. The largest absolute Gasteiger partial charge is 0.460 e. The van der Waals surface area contributed by atoms with Crippen LogP contribution in [0.3, 0.4) is 0 Å². The molecule has 0 aliphatic heterocycles. The van der Waals surface area contributed by atoms with Crippen molar-refractivity contribution in [3.8, 4) is 28.0 Å². The summed E-state index contributed by atoms with van der Waals surface area (Å²) < 4.78 is 89.8. The van der Waals surface area contributed by atoms with Crippen molar-refractivity contribution in [2.24, 2.45) is 0 Å². The van der Waals surface area contributed by atoms with Crippen molar-refractivity contribution >= 4 is 11.7 Å². The minimum absolute atomic E-state index is 0.0565. The van der Waals surface area contributed by atoms with Gasteiger partial charge in [0.15, 0.2) is 23.2 Å². The second kappa shape index (κ2) is 11.4. The van der Waals surface area contributed by atoms with Gasteiger partial charge in [-0.15, -0.1) is 0 Å². The van der Waals surface area contributed by atoms with Crippen molar-refractivity contribution in [1.29, 1.82) is 0 Å². The first-order valence-electron chi connectivity index (χ1n) is 11.6. The normalized spacial score (nSPS) is 11.9. The van der Waals surface area contributed by atoms with E-state index in [2.05, 4.69) is 4.74 Å². The van der Waals surface area contributed by atoms with Crippen molar-refractivity contribution in [1.82, 2.24) is 0 Å². The Bertz CT molecular complexity index is 1440. The van der Waals surface area contributed by atoms with Crippen molar-refractivity contribution in [2.75, 3.05) is 6.86 Å². The topological polar surface area (TPSA) is 9.23 Å². The summed E-state index contributed by atoms with van der Waals surface area (Å²) in [6, 6.07) is 17.1. The van der Waals surface area contributed by atoms with E-state index in [4.69, 9.17) is 0 Å². The Balaban J connectivity index is 1.58. The van der Waals surface area contributed by atoms with Crippen molar-refractivity contribution in [3.05, 3.63) is 113 Å². The van der Waals surface area contributed by atoms with Crippen molar-refractivity contribution < 1.29 is 31.1 Å². The summed E-state index contributed by atoms with van der Waals surface area (Å²) >= 11 is 0. The van der Waals surface area contributed by atoms with Crippen LogP contribution in [0.15, 0.2) is 78.9 Å². The molecule has 0 N–H and O–H groups in total. The molecular formula is C30H22F6O. The molecule has 0 fully saturated rings. The zero-order valence-corrected chi connectivity index (χ0v) is 19.8. The molecule has 0 saturated carbocycles. The van der Waals surface area contributed by atoms with Crippen LogP contribution < -0.4 is 4.74 Å². The molecule has 0 spiro atoms. The molecule has 0 amide bonds. The van der Waals surface area contributed by atoms with Crippen molar-refractivity contribution in [2.45, 2.75) is 19.8 Å². The van der Waals surface area contributed by atoms with Gasteiger partial charge in [-0.05, 0) is 47.4 Å². The van der Waals surface area contributed by atoms with Gasteiger partial charge in [-0.2, -0.15) is 0 Å². The van der Waals surface area contributed by atoms with E-state index in [9.17, 15) is 26.3 Å². The number of alkyl halides is 1. The molecule has 0 saturated heterocycles. The number of hydrogen-bond donors (Lipinski definition) is 0. The fourth-order valence-corrected chi connectivity index (χ4v) is 4.02. The predicted molar refractivity (Wildman–Crippen MR) is 133 cm³/mol. The Hall–Kier alpha value is -4.00. The number of halogens is 6. The van der Waals surface area contributed by atoms with Crippen LogP contribution in [-0.2, 0) is 6.42 Å². The van der Waals surface area contributed by atoms with E-state index in [1.807, 2.05) is 13.0 Å². The molecule has 0 unspecified atom stereocenters. The molecular weight excluding hydrogens is 490 g/mol. The molecule has 190 valence electrons. The van der Waals surface area contributed by atoms with E-state index in [0.717, 1.165) is 36.6 Å². The molecule has 0 radical (unpaired) electrons. The summed E-state index contributed by atoms with van der Waals surface area (Å²) in [5, 5.41) is 0. The first-order chi connectivity index (χ1) is 17.8. The average Bonchev–Trinajstić information content (AvgIpc) is 2.89. The van der Waals surface area contributed by atoms with Gasteiger partial charge in [-0.3, -0.25) is 0 Å². The molecule has 0 aromatic heterocycles. The third-order valence-electron chi connectivity index (χ3n) is 5.89. The van der Waals surface area contributed by atoms with Crippen LogP contribution in [-0.4, -0.2) is 6.86 Å². The molecule has 4 rings (SSSR count). The first-order valence-corrected chi connectivity index (χ1v) is 11.6. The molecule has 0 atom stereocenters. The summed E-state index contributed by atoms with van der Waals surface area (Å²) in [6.07, 6.45) is 1.64. The maximum absolute atomic E-state index is 14.9. The van der Waals surface area contributed by atoms with Gasteiger partial charge in [0.2, 0.25) is 6.86 Å². The van der Waals surface area contributed by atoms with Gasteiger partial charge in [0.05, 0.1) is 0 Å². The van der Waals surface area contributed by atoms with Crippen LogP contribution in [0.2, 0.25) is 0 Å². The second-order valence-electron chi connectivity index (χ2n) is 8.36. The third kappa shape index (κ3) is 5.71. The highest BCUT2D eigenvalue weighted by Gasteiger charge is 2.16. The lowest BCUT2D eigenvalue weighted by Crippen LogP contribution is -1.95. The molecule has 0 aliphatic rings. The molecule has 4 aromatic carbocycles. The SMILES string of the molecule is CCCc1ccc(-c2ccc(/C(F)=C(\F)c3ccc(-c4ccc(OCF)c(F)c4)c(F)c3)cc2)c(F)c1. The Labute approximate surface area is 210 Å². The molecule has 7 heteroatoms. The van der Waals surface area contributed by atoms with Crippen LogP contribution in [0.5, 0.6) is 5.75 Å². The van der Waals surface area contributed by atoms with E-state index < -0.39 is 36.0 Å². The van der Waals surface area contributed by atoms with Gasteiger partial charge in [-0.25, -0.2) is 26.3 Å². The van der Waals surface area contributed by atoms with E-state index >= 15 is 0 Å². The maximum Gasteiger partial charge on any atom is 0.228 e. The Kier molecular flexibility index (Phi) is 8.01. The van der Waals surface area contributed by atoms with Gasteiger partial charge < -0.3 is 4.74 Å². The smallest absolute Gasteiger partial charge is 0.228 e. The molecule has 1 nitrogen and oxygen atoms in total. The van der Waals surface area contributed by atoms with Gasteiger partial charge >= 0.3 is 0 Å². The Morgan fingerprint density at radius 1 is 0.649 bits per heavy atom. The van der Waals surface area contributed by atoms with E-state index in [-0.39, 0.29) is 28.0 Å². The lowest BCUT2D eigenvalue weighted by Gasteiger charge is -2.09. The van der Waals surface area contributed by atoms with Crippen LogP contribution >= 0.6 is 0 Å². The summed E-state index contributed by atoms with van der Waals surface area (Å²) in [5.74, 6) is -5.03. The lowest BCUT2D eigenvalue weighted by atomic mass is 9.99. The van der Waals surface area contributed by atoms with E-state index in [1.54, 1.807) is 6.07 Å². The first kappa shape index (κ1) is 26.1. The van der Waals surface area contributed by atoms with Gasteiger partial charge in [0.25, 0.3) is 0 Å². The van der Waals surface area contributed by atoms with Gasteiger partial charge in [0, 0.05) is 22.3 Å². The predicted octanol–water partition coefficient (Wildman–Crippen LogP) is 9.46. The van der Waals surface area contributed by atoms with E-state index in [1.165, 1.54) is 48.5 Å². The number of aryl methyl sites for hydroxylation is 1. The summed E-state index contributed by atoms with van der Waals surface area (Å²) in [7, 11) is 0. The van der Waals surface area contributed by atoms with Crippen LogP contribution in [0.25, 0.3) is 33.9 Å². The zero-order chi connectivity index (χ0) is 26.5. The Morgan fingerprint density at radius 2 is 1.24 bits per heavy atom. The minimum Gasteiger partial charge on any atom is -0.460 e. The fraction of sp³-hybridized carbons (Fsp3) is 0.133. The number of hydrogen-bond acceptors (Lipinski definition) is 1. The molecule has 0 bridgehead atoms. The monoisotopic (exact) mass is 512 g/mol. The highest BCUT2D eigenvalue weighted by molar-refractivity contribution is 5.84. The molecule has 37 heavy (non-hydrogen) atoms. The van der Waals surface area contributed by atoms with Gasteiger partial charge in [0.1, 0.15) is 11.6 Å². The second-order valence-corrected chi connectivity index (χ2v) is 8.36. The van der Waals surface area contributed by atoms with Crippen LogP contribution in [0.1, 0.15) is 30.0 Å². The highest BCUT2D eigenvalue weighted by atomic mass is 19.2. The zero-order valence-electron chi connectivity index (χ0n) is 19.8. The minimum atomic E-state index is -1.29. The summed E-state index contributed by atoms with van der Waals surface area (Å²) in [4.78, 5) is 0. The summed E-state index contributed by atoms with van der Waals surface area (Å²) in [5.41, 5.74) is 1.33. The van der Waals surface area contributed by atoms with Crippen molar-refractivity contribution in [3.63, 3.8) is 0 Å². The van der Waals surface area contributed by atoms with Gasteiger partial charge in [-0.1, -0.05) is 67.9 Å². The molecule has 0 aliphatic carbocycles. The standard InChI is InChI=1S/C30H22F6O/c1-2-3-18-4-11-23(25(32)14-18)19-5-7-20(8-6-19)29(35)30(36)22-9-12-24(26(33)16-22)21-10-13-28(37-17-31)27(34)15-21/h4-16H,2-3,17H2,1H3/b30-29+. The Morgan fingerprint density at radius 3 is 1.86 bits per heavy atom. The fourth-order valence-electron chi connectivity index (χ4n) is 4.02. The van der Waals surface area contributed by atoms with Crippen LogP contribution in [0, 0.1) is 17.5 Å². The number of ether oxygens (including phenoxy) is 1. The number of rotatable bonds is 8. The molecule has 4 aromatic rings. The van der Waals surface area contributed by atoms with E-state index in [0.29, 0.717) is 11.1 Å². The highest BCUT2D eigenvalue weighted by Crippen LogP contribution is 2.34.